The number of aliphatic hydroxyl groups is 1. The summed E-state index contributed by atoms with van der Waals surface area (Å²) in [6, 6.07) is 13.7. The summed E-state index contributed by atoms with van der Waals surface area (Å²) in [5.74, 6) is -0.399. The fourth-order valence-corrected chi connectivity index (χ4v) is 4.31. The molecule has 1 saturated heterocycles. The van der Waals surface area contributed by atoms with E-state index < -0.39 is 11.4 Å². The fourth-order valence-electron chi connectivity index (χ4n) is 4.31. The van der Waals surface area contributed by atoms with Crippen molar-refractivity contribution in [3.05, 3.63) is 64.7 Å². The van der Waals surface area contributed by atoms with Crippen LogP contribution in [-0.4, -0.2) is 76.4 Å². The number of aromatic nitrogens is 4. The van der Waals surface area contributed by atoms with E-state index in [1.165, 1.54) is 25.3 Å². The van der Waals surface area contributed by atoms with E-state index in [0.717, 1.165) is 42.1 Å². The van der Waals surface area contributed by atoms with Crippen molar-refractivity contribution in [3.63, 3.8) is 0 Å². The number of piperazine rings is 1. The number of β-amino-alcohol motifs (C(OH)–C–C–N with tert-alkyl or cyclic N) is 1. The van der Waals surface area contributed by atoms with Gasteiger partial charge in [-0.25, -0.2) is 4.39 Å². The third-order valence-electron chi connectivity index (χ3n) is 6.12. The molecule has 10 heteroatoms. The van der Waals surface area contributed by atoms with E-state index in [9.17, 15) is 9.18 Å². The Labute approximate surface area is 195 Å². The summed E-state index contributed by atoms with van der Waals surface area (Å²) in [5, 5.41) is 20.8. The molecule has 2 aromatic carbocycles. The van der Waals surface area contributed by atoms with Gasteiger partial charge in [-0.1, -0.05) is 18.2 Å². The lowest BCUT2D eigenvalue weighted by Gasteiger charge is -2.35. The minimum Gasteiger partial charge on any atom is -0.494 e. The Morgan fingerprint density at radius 3 is 2.59 bits per heavy atom. The number of H-pyrrole nitrogens is 1. The lowest BCUT2D eigenvalue weighted by atomic mass is 10.1. The normalized spacial score (nSPS) is 14.6. The Hall–Kier alpha value is -3.76. The van der Waals surface area contributed by atoms with Crippen LogP contribution in [0.3, 0.4) is 0 Å². The Balaban J connectivity index is 1.47. The van der Waals surface area contributed by atoms with E-state index in [-0.39, 0.29) is 18.0 Å². The molecule has 0 saturated carbocycles. The van der Waals surface area contributed by atoms with Gasteiger partial charge in [-0.3, -0.25) is 14.8 Å². The predicted octanol–water partition coefficient (Wildman–Crippen LogP) is 2.04. The first-order chi connectivity index (χ1) is 16.6. The second-order valence-electron chi connectivity index (χ2n) is 8.12. The van der Waals surface area contributed by atoms with E-state index in [4.69, 9.17) is 9.84 Å². The molecule has 0 amide bonds. The largest absolute Gasteiger partial charge is 0.494 e. The molecule has 2 N–H and O–H groups in total. The molecule has 2 aromatic heterocycles. The van der Waals surface area contributed by atoms with Crippen molar-refractivity contribution in [1.29, 1.82) is 0 Å². The fraction of sp³-hybridized carbons (Fsp3) is 0.292. The van der Waals surface area contributed by atoms with Gasteiger partial charge in [0.25, 0.3) is 5.56 Å². The topological polar surface area (TPSA) is 99.5 Å². The molecule has 4 aromatic rings. The highest BCUT2D eigenvalue weighted by atomic mass is 19.1. The first kappa shape index (κ1) is 22.1. The maximum atomic E-state index is 14.6. The Morgan fingerprint density at radius 1 is 1.12 bits per heavy atom. The van der Waals surface area contributed by atoms with E-state index in [1.807, 2.05) is 24.3 Å². The van der Waals surface area contributed by atoms with Crippen LogP contribution in [0.1, 0.15) is 0 Å². The molecule has 0 aliphatic carbocycles. The van der Waals surface area contributed by atoms with Gasteiger partial charge < -0.3 is 14.7 Å². The van der Waals surface area contributed by atoms with Crippen LogP contribution in [-0.2, 0) is 0 Å². The van der Waals surface area contributed by atoms with E-state index in [0.29, 0.717) is 23.3 Å². The standard InChI is InChI=1S/C24H25FN6O3/c1-34-20-4-2-3-18(25)24(20)31-21(33)15-19-23(28-31)22(27-26-19)16-5-7-17(8-6-16)30-11-9-29(10-12-30)13-14-32/h2-8,15,26,32H,9-14H2,1H3. The van der Waals surface area contributed by atoms with Crippen molar-refractivity contribution in [3.8, 4) is 22.7 Å². The molecule has 1 aliphatic heterocycles. The summed E-state index contributed by atoms with van der Waals surface area (Å²) in [5.41, 5.74) is 2.88. The quantitative estimate of drug-likeness (QED) is 0.451. The monoisotopic (exact) mass is 464 g/mol. The minimum absolute atomic E-state index is 0.0419. The molecule has 34 heavy (non-hydrogen) atoms. The summed E-state index contributed by atoms with van der Waals surface area (Å²) in [7, 11) is 1.42. The minimum atomic E-state index is -0.609. The number of halogens is 1. The molecule has 0 radical (unpaired) electrons. The number of hydrogen-bond donors (Lipinski definition) is 2. The number of hydrogen-bond acceptors (Lipinski definition) is 7. The second-order valence-corrected chi connectivity index (χ2v) is 8.12. The van der Waals surface area contributed by atoms with Crippen LogP contribution in [0, 0.1) is 5.82 Å². The Morgan fingerprint density at radius 2 is 1.88 bits per heavy atom. The van der Waals surface area contributed by atoms with Gasteiger partial charge in [-0.2, -0.15) is 14.9 Å². The number of nitrogens with zero attached hydrogens (tertiary/aromatic N) is 5. The number of nitrogens with one attached hydrogen (secondary N) is 1. The number of ether oxygens (including phenoxy) is 1. The number of anilines is 1. The Bertz CT molecular complexity index is 1360. The van der Waals surface area contributed by atoms with Gasteiger partial charge in [-0.15, -0.1) is 0 Å². The van der Waals surface area contributed by atoms with Crippen LogP contribution < -0.4 is 15.2 Å². The number of aliphatic hydroxyl groups excluding tert-OH is 1. The number of benzene rings is 2. The Kier molecular flexibility index (Phi) is 5.99. The van der Waals surface area contributed by atoms with Crippen molar-refractivity contribution in [1.82, 2.24) is 24.9 Å². The van der Waals surface area contributed by atoms with Crippen LogP contribution in [0.2, 0.25) is 0 Å². The second kappa shape index (κ2) is 9.24. The predicted molar refractivity (Wildman–Crippen MR) is 127 cm³/mol. The maximum absolute atomic E-state index is 14.6. The average Bonchev–Trinajstić information content (AvgIpc) is 3.27. The van der Waals surface area contributed by atoms with Crippen LogP contribution in [0.5, 0.6) is 5.75 Å². The van der Waals surface area contributed by atoms with E-state index >= 15 is 0 Å². The average molecular weight is 465 g/mol. The summed E-state index contributed by atoms with van der Waals surface area (Å²) >= 11 is 0. The molecule has 0 unspecified atom stereocenters. The van der Waals surface area contributed by atoms with Gasteiger partial charge in [-0.05, 0) is 24.3 Å². The molecular formula is C24H25FN6O3. The third-order valence-corrected chi connectivity index (χ3v) is 6.12. The van der Waals surface area contributed by atoms with Crippen molar-refractivity contribution >= 4 is 16.7 Å². The molecular weight excluding hydrogens is 439 g/mol. The van der Waals surface area contributed by atoms with Crippen LogP contribution in [0.15, 0.2) is 53.3 Å². The zero-order chi connectivity index (χ0) is 23.7. The highest BCUT2D eigenvalue weighted by Crippen LogP contribution is 2.28. The van der Waals surface area contributed by atoms with Crippen molar-refractivity contribution in [2.75, 3.05) is 51.3 Å². The number of methoxy groups -OCH3 is 1. The van der Waals surface area contributed by atoms with Gasteiger partial charge >= 0.3 is 0 Å². The molecule has 3 heterocycles. The molecule has 9 nitrogen and oxygen atoms in total. The van der Waals surface area contributed by atoms with Crippen LogP contribution in [0.25, 0.3) is 28.0 Å². The van der Waals surface area contributed by atoms with Gasteiger partial charge in [0.2, 0.25) is 0 Å². The first-order valence-corrected chi connectivity index (χ1v) is 11.1. The van der Waals surface area contributed by atoms with Gasteiger partial charge in [0.1, 0.15) is 22.6 Å². The van der Waals surface area contributed by atoms with Crippen molar-refractivity contribution in [2.24, 2.45) is 0 Å². The molecule has 176 valence electrons. The summed E-state index contributed by atoms with van der Waals surface area (Å²) in [6.07, 6.45) is 0. The smallest absolute Gasteiger partial charge is 0.273 e. The summed E-state index contributed by atoms with van der Waals surface area (Å²) < 4.78 is 20.9. The maximum Gasteiger partial charge on any atom is 0.273 e. The number of fused-ring (bicyclic) bond motifs is 1. The molecule has 0 spiro atoms. The SMILES string of the molecule is COc1cccc(F)c1-n1nc2c(-c3ccc(N4CCN(CCO)CC4)cc3)n[nH]c2cc1=O. The van der Waals surface area contributed by atoms with Crippen molar-refractivity contribution in [2.45, 2.75) is 0 Å². The van der Waals surface area contributed by atoms with Crippen LogP contribution in [0.4, 0.5) is 10.1 Å². The highest BCUT2D eigenvalue weighted by molar-refractivity contribution is 5.89. The number of rotatable bonds is 6. The van der Waals surface area contributed by atoms with Crippen LogP contribution >= 0.6 is 0 Å². The third kappa shape index (κ3) is 4.02. The van der Waals surface area contributed by atoms with Gasteiger partial charge in [0.15, 0.2) is 5.82 Å². The molecule has 0 bridgehead atoms. The van der Waals surface area contributed by atoms with E-state index in [1.54, 1.807) is 6.07 Å². The van der Waals surface area contributed by atoms with E-state index in [2.05, 4.69) is 25.1 Å². The lowest BCUT2D eigenvalue weighted by Crippen LogP contribution is -2.47. The lowest BCUT2D eigenvalue weighted by molar-refractivity contribution is 0.189. The van der Waals surface area contributed by atoms with Gasteiger partial charge in [0.05, 0.1) is 19.2 Å². The first-order valence-electron chi connectivity index (χ1n) is 11.1. The molecule has 1 aliphatic rings. The highest BCUT2D eigenvalue weighted by Gasteiger charge is 2.19. The molecule has 0 atom stereocenters. The van der Waals surface area contributed by atoms with Crippen molar-refractivity contribution < 1.29 is 14.2 Å². The molecule has 5 rings (SSSR count). The molecule has 1 fully saturated rings. The zero-order valence-electron chi connectivity index (χ0n) is 18.7. The zero-order valence-corrected chi connectivity index (χ0v) is 18.7. The van der Waals surface area contributed by atoms with Gasteiger partial charge in [0, 0.05) is 50.0 Å². The summed E-state index contributed by atoms with van der Waals surface area (Å²) in [6.45, 7) is 4.49. The summed E-state index contributed by atoms with van der Waals surface area (Å²) in [4.78, 5) is 17.2. The number of aromatic amines is 1. The number of para-hydroxylation sites is 1.